The lowest BCUT2D eigenvalue weighted by Gasteiger charge is -2.16. The van der Waals surface area contributed by atoms with Crippen molar-refractivity contribution in [3.05, 3.63) is 101 Å². The van der Waals surface area contributed by atoms with Crippen molar-refractivity contribution in [2.75, 3.05) is 13.1 Å². The third-order valence-electron chi connectivity index (χ3n) is 6.01. The molecule has 0 aliphatic carbocycles. The number of amides is 1. The van der Waals surface area contributed by atoms with Gasteiger partial charge in [0.15, 0.2) is 0 Å². The zero-order chi connectivity index (χ0) is 26.0. The first-order valence-corrected chi connectivity index (χ1v) is 12.4. The van der Waals surface area contributed by atoms with Crippen LogP contribution in [0.5, 0.6) is 11.5 Å². The Balaban J connectivity index is 1.45. The molecule has 1 aromatic heterocycles. The summed E-state index contributed by atoms with van der Waals surface area (Å²) in [7, 11) is 0. The molecule has 0 atom stereocenters. The molecular formula is C30H33N3O4. The molecule has 0 spiro atoms. The fourth-order valence-electron chi connectivity index (χ4n) is 4.02. The maximum absolute atomic E-state index is 11.1. The second-order valence-electron chi connectivity index (χ2n) is 8.89. The van der Waals surface area contributed by atoms with E-state index in [0.29, 0.717) is 32.0 Å². The molecule has 0 bridgehead atoms. The standard InChI is InChI=1S/C30H33N3O4/c1-21-16-27(33-37-21)20-36-30-17-28(13-12-25(30)18-31-14-15-32-23(3)34)35-19-26-10-7-11-29(22(26)2)24-8-5-4-6-9-24/h4-13,16-17,31H,14-15,18-20H2,1-3H3,(H,32,34). The normalized spacial score (nSPS) is 10.8. The molecule has 7 heteroatoms. The number of aromatic nitrogens is 1. The smallest absolute Gasteiger partial charge is 0.216 e. The number of benzene rings is 3. The molecule has 0 radical (unpaired) electrons. The van der Waals surface area contributed by atoms with Crippen molar-refractivity contribution in [2.45, 2.75) is 40.5 Å². The minimum absolute atomic E-state index is 0.0419. The molecule has 2 N–H and O–H groups in total. The summed E-state index contributed by atoms with van der Waals surface area (Å²) in [5.74, 6) is 2.13. The van der Waals surface area contributed by atoms with Gasteiger partial charge in [0, 0.05) is 44.3 Å². The van der Waals surface area contributed by atoms with Crippen LogP contribution in [0, 0.1) is 13.8 Å². The molecule has 0 aliphatic heterocycles. The second kappa shape index (κ2) is 12.7. The summed E-state index contributed by atoms with van der Waals surface area (Å²) in [6, 6.07) is 24.4. The topological polar surface area (TPSA) is 85.6 Å². The maximum atomic E-state index is 11.1. The average molecular weight is 500 g/mol. The summed E-state index contributed by atoms with van der Waals surface area (Å²) in [6.07, 6.45) is 0. The summed E-state index contributed by atoms with van der Waals surface area (Å²) in [5.41, 5.74) is 6.43. The maximum Gasteiger partial charge on any atom is 0.216 e. The number of aryl methyl sites for hydroxylation is 1. The van der Waals surface area contributed by atoms with Crippen molar-refractivity contribution in [1.82, 2.24) is 15.8 Å². The predicted molar refractivity (Wildman–Crippen MR) is 143 cm³/mol. The van der Waals surface area contributed by atoms with Crippen LogP contribution in [0.2, 0.25) is 0 Å². The van der Waals surface area contributed by atoms with Crippen molar-refractivity contribution in [2.24, 2.45) is 0 Å². The first-order chi connectivity index (χ1) is 18.0. The van der Waals surface area contributed by atoms with E-state index in [2.05, 4.69) is 65.2 Å². The number of ether oxygens (including phenoxy) is 2. The molecule has 3 aromatic carbocycles. The highest BCUT2D eigenvalue weighted by Gasteiger charge is 2.11. The lowest BCUT2D eigenvalue weighted by atomic mass is 9.97. The summed E-state index contributed by atoms with van der Waals surface area (Å²) in [4.78, 5) is 11.1. The number of rotatable bonds is 12. The molecule has 1 heterocycles. The molecular weight excluding hydrogens is 466 g/mol. The van der Waals surface area contributed by atoms with Gasteiger partial charge in [-0.2, -0.15) is 0 Å². The Morgan fingerprint density at radius 2 is 1.73 bits per heavy atom. The molecule has 0 aliphatic rings. The highest BCUT2D eigenvalue weighted by atomic mass is 16.5. The molecule has 0 saturated heterocycles. The zero-order valence-electron chi connectivity index (χ0n) is 21.5. The number of carbonyl (C=O) groups is 1. The van der Waals surface area contributed by atoms with Gasteiger partial charge in [0.2, 0.25) is 5.91 Å². The van der Waals surface area contributed by atoms with E-state index in [0.717, 1.165) is 28.3 Å². The summed E-state index contributed by atoms with van der Waals surface area (Å²) in [6.45, 7) is 8.03. The highest BCUT2D eigenvalue weighted by molar-refractivity contribution is 5.72. The Labute approximate surface area is 217 Å². The van der Waals surface area contributed by atoms with Gasteiger partial charge in [-0.1, -0.05) is 59.8 Å². The second-order valence-corrected chi connectivity index (χ2v) is 8.89. The fraction of sp³-hybridized carbons (Fsp3) is 0.267. The Kier molecular flexibility index (Phi) is 8.94. The summed E-state index contributed by atoms with van der Waals surface area (Å²) >= 11 is 0. The fourth-order valence-corrected chi connectivity index (χ4v) is 4.02. The molecule has 7 nitrogen and oxygen atoms in total. The van der Waals surface area contributed by atoms with E-state index in [4.69, 9.17) is 14.0 Å². The molecule has 0 fully saturated rings. The van der Waals surface area contributed by atoms with Gasteiger partial charge in [-0.3, -0.25) is 4.79 Å². The van der Waals surface area contributed by atoms with Crippen molar-refractivity contribution in [3.63, 3.8) is 0 Å². The average Bonchev–Trinajstić information content (AvgIpc) is 3.32. The third-order valence-corrected chi connectivity index (χ3v) is 6.01. The van der Waals surface area contributed by atoms with Crippen molar-refractivity contribution >= 4 is 5.91 Å². The van der Waals surface area contributed by atoms with Crippen LogP contribution < -0.4 is 20.1 Å². The Bertz CT molecular complexity index is 1320. The molecule has 4 aromatic rings. The van der Waals surface area contributed by atoms with E-state index in [9.17, 15) is 4.79 Å². The highest BCUT2D eigenvalue weighted by Crippen LogP contribution is 2.29. The number of hydrogen-bond acceptors (Lipinski definition) is 6. The Morgan fingerprint density at radius 3 is 2.49 bits per heavy atom. The minimum Gasteiger partial charge on any atom is -0.489 e. The summed E-state index contributed by atoms with van der Waals surface area (Å²) in [5, 5.41) is 10.1. The van der Waals surface area contributed by atoms with Gasteiger partial charge in [0.1, 0.15) is 36.2 Å². The van der Waals surface area contributed by atoms with E-state index in [-0.39, 0.29) is 12.5 Å². The molecule has 4 rings (SSSR count). The van der Waals surface area contributed by atoms with Gasteiger partial charge in [-0.05, 0) is 42.2 Å². The first kappa shape index (κ1) is 26.0. The van der Waals surface area contributed by atoms with E-state index in [1.54, 1.807) is 0 Å². The van der Waals surface area contributed by atoms with Gasteiger partial charge in [0.05, 0.1) is 0 Å². The van der Waals surface area contributed by atoms with Gasteiger partial charge < -0.3 is 24.6 Å². The number of nitrogens with one attached hydrogen (secondary N) is 2. The van der Waals surface area contributed by atoms with Crippen LogP contribution in [-0.2, 0) is 24.6 Å². The van der Waals surface area contributed by atoms with E-state index < -0.39 is 0 Å². The van der Waals surface area contributed by atoms with Gasteiger partial charge >= 0.3 is 0 Å². The number of nitrogens with zero attached hydrogens (tertiary/aromatic N) is 1. The monoisotopic (exact) mass is 499 g/mol. The van der Waals surface area contributed by atoms with Crippen molar-refractivity contribution in [3.8, 4) is 22.6 Å². The van der Waals surface area contributed by atoms with Gasteiger partial charge in [-0.15, -0.1) is 0 Å². The van der Waals surface area contributed by atoms with Crippen LogP contribution in [0.1, 0.15) is 35.1 Å². The molecule has 37 heavy (non-hydrogen) atoms. The Hall–Kier alpha value is -4.10. The predicted octanol–water partition coefficient (Wildman–Crippen LogP) is 5.34. The molecule has 192 valence electrons. The Morgan fingerprint density at radius 1 is 0.892 bits per heavy atom. The van der Waals surface area contributed by atoms with Gasteiger partial charge in [-0.25, -0.2) is 0 Å². The molecule has 0 saturated carbocycles. The quantitative estimate of drug-likeness (QED) is 0.256. The van der Waals surface area contributed by atoms with Crippen LogP contribution in [0.3, 0.4) is 0 Å². The number of hydrogen-bond donors (Lipinski definition) is 2. The van der Waals surface area contributed by atoms with Crippen LogP contribution in [0.25, 0.3) is 11.1 Å². The molecule has 0 unspecified atom stereocenters. The van der Waals surface area contributed by atoms with Crippen molar-refractivity contribution < 1.29 is 18.8 Å². The summed E-state index contributed by atoms with van der Waals surface area (Å²) < 4.78 is 17.5. The van der Waals surface area contributed by atoms with Gasteiger partial charge in [0.25, 0.3) is 0 Å². The van der Waals surface area contributed by atoms with Crippen LogP contribution in [0.15, 0.2) is 77.3 Å². The molecule has 1 amide bonds. The van der Waals surface area contributed by atoms with E-state index in [1.165, 1.54) is 23.6 Å². The lowest BCUT2D eigenvalue weighted by molar-refractivity contribution is -0.118. The third kappa shape index (κ3) is 7.44. The van der Waals surface area contributed by atoms with E-state index >= 15 is 0 Å². The number of carbonyl (C=O) groups excluding carboxylic acids is 1. The van der Waals surface area contributed by atoms with Crippen molar-refractivity contribution in [1.29, 1.82) is 0 Å². The lowest BCUT2D eigenvalue weighted by Crippen LogP contribution is -2.30. The van der Waals surface area contributed by atoms with Crippen LogP contribution >= 0.6 is 0 Å². The van der Waals surface area contributed by atoms with E-state index in [1.807, 2.05) is 37.3 Å². The zero-order valence-corrected chi connectivity index (χ0v) is 21.5. The minimum atomic E-state index is -0.0419. The largest absolute Gasteiger partial charge is 0.489 e. The van der Waals surface area contributed by atoms with Crippen LogP contribution in [-0.4, -0.2) is 24.2 Å². The first-order valence-electron chi connectivity index (χ1n) is 12.4. The van der Waals surface area contributed by atoms with Crippen LogP contribution in [0.4, 0.5) is 0 Å². The SMILES string of the molecule is CC(=O)NCCNCc1ccc(OCc2cccc(-c3ccccc3)c2C)cc1OCc1cc(C)on1.